The summed E-state index contributed by atoms with van der Waals surface area (Å²) in [6.45, 7) is 14.4. The smallest absolute Gasteiger partial charge is 0.308 e. The Morgan fingerprint density at radius 3 is 0.936 bits per heavy atom. The van der Waals surface area contributed by atoms with E-state index in [9.17, 15) is 23.7 Å². The van der Waals surface area contributed by atoms with E-state index in [2.05, 4.69) is 65.9 Å². The molecule has 16 nitrogen and oxygen atoms in total. The third-order valence-electron chi connectivity index (χ3n) is 13.5. The van der Waals surface area contributed by atoms with Crippen LogP contribution in [0.1, 0.15) is 63.3 Å². The van der Waals surface area contributed by atoms with Gasteiger partial charge in [0.2, 0.25) is 0 Å². The number of hydrogen-bond donors (Lipinski definition) is 0. The summed E-state index contributed by atoms with van der Waals surface area (Å²) in [4.78, 5) is 55.1. The average molecular weight is 1030 g/mol. The minimum absolute atomic E-state index is 0.211. The molecule has 78 heavy (non-hydrogen) atoms. The number of fused-ring (bicyclic) bond motifs is 6. The van der Waals surface area contributed by atoms with Gasteiger partial charge in [0.15, 0.2) is 23.3 Å². The van der Waals surface area contributed by atoms with Crippen LogP contribution in [0.5, 0.6) is 0 Å². The molecule has 6 heterocycles. The van der Waals surface area contributed by atoms with Gasteiger partial charge in [0.1, 0.15) is 58.2 Å². The Bertz CT molecular complexity index is 4090. The van der Waals surface area contributed by atoms with Crippen LogP contribution in [0.3, 0.4) is 0 Å². The summed E-state index contributed by atoms with van der Waals surface area (Å²) in [5.41, 5.74) is 5.89. The number of rotatable bonds is 7. The van der Waals surface area contributed by atoms with E-state index in [-0.39, 0.29) is 16.7 Å². The molecule has 0 amide bonds. The predicted octanol–water partition coefficient (Wildman–Crippen LogP) is 12.2. The first-order valence-electron chi connectivity index (χ1n) is 24.6. The molecular weight excluding hydrogens is 990 g/mol. The van der Waals surface area contributed by atoms with Gasteiger partial charge in [0.05, 0.1) is 50.6 Å². The molecule has 0 fully saturated rings. The van der Waals surface area contributed by atoms with Crippen molar-refractivity contribution in [1.29, 1.82) is 10.5 Å². The van der Waals surface area contributed by atoms with Crippen LogP contribution in [0, 0.1) is 78.1 Å². The number of alkyl halides is 3. The van der Waals surface area contributed by atoms with E-state index in [1.165, 1.54) is 6.07 Å². The number of benzene rings is 6. The van der Waals surface area contributed by atoms with E-state index in [1.807, 2.05) is 88.0 Å². The van der Waals surface area contributed by atoms with E-state index in [0.717, 1.165) is 33.7 Å². The summed E-state index contributed by atoms with van der Waals surface area (Å²) < 4.78 is 47.0. The maximum atomic E-state index is 14.3. The lowest BCUT2D eigenvalue weighted by Crippen LogP contribution is -2.07. The van der Waals surface area contributed by atoms with Gasteiger partial charge in [0.25, 0.3) is 0 Å². The number of aryl methyl sites for hydroxylation is 8. The summed E-state index contributed by atoms with van der Waals surface area (Å²) in [7, 11) is 0. The molecule has 0 N–H and O–H groups in total. The van der Waals surface area contributed by atoms with Crippen molar-refractivity contribution in [3.05, 3.63) is 166 Å². The summed E-state index contributed by atoms with van der Waals surface area (Å²) >= 11 is 0. The predicted molar refractivity (Wildman–Crippen MR) is 288 cm³/mol. The van der Waals surface area contributed by atoms with Crippen molar-refractivity contribution in [2.24, 2.45) is 0 Å². The lowest BCUT2D eigenvalue weighted by molar-refractivity contribution is -0.137. The highest BCUT2D eigenvalue weighted by Gasteiger charge is 2.32. The second-order valence-corrected chi connectivity index (χ2v) is 19.0. The van der Waals surface area contributed by atoms with E-state index in [0.29, 0.717) is 131 Å². The standard InChI is InChI=1S/C59H41F3N16/c1-28-65-29(2)70-55(69-28)36-9-15-49-44(20-36)45-21-37(56-71-30(3)66-31(4)72-56)10-16-50(45)77(49)53-24-40(43-14-13-42(59(60,61)62)19-41(43)26-63)25-54(48(53)27-64)78-51-17-11-38(57-73-32(5)67-33(6)74-57)22-46(51)47-23-39(12-18-52(47)78)58-75-34(7)68-35(8)76-58/h9-25H,1-8H3. The molecule has 0 bridgehead atoms. The van der Waals surface area contributed by atoms with E-state index < -0.39 is 11.7 Å². The lowest BCUT2D eigenvalue weighted by Gasteiger charge is -2.19. The maximum Gasteiger partial charge on any atom is 0.416 e. The summed E-state index contributed by atoms with van der Waals surface area (Å²) in [6.07, 6.45) is -4.72. The van der Waals surface area contributed by atoms with Crippen molar-refractivity contribution in [3.63, 3.8) is 0 Å². The molecule has 19 heteroatoms. The number of nitrogens with zero attached hydrogens (tertiary/aromatic N) is 16. The van der Waals surface area contributed by atoms with Gasteiger partial charge in [-0.05, 0) is 164 Å². The molecule has 6 aromatic heterocycles. The van der Waals surface area contributed by atoms with Crippen LogP contribution in [0.25, 0.3) is 112 Å². The molecule has 0 radical (unpaired) electrons. The topological polar surface area (TPSA) is 212 Å². The fourth-order valence-corrected chi connectivity index (χ4v) is 10.4. The van der Waals surface area contributed by atoms with Gasteiger partial charge in [-0.25, -0.2) is 59.8 Å². The molecule has 0 spiro atoms. The molecular formula is C59H41F3N16. The molecule has 6 aromatic carbocycles. The second-order valence-electron chi connectivity index (χ2n) is 19.0. The normalized spacial score (nSPS) is 11.8. The molecule has 12 rings (SSSR count). The number of aromatic nitrogens is 14. The van der Waals surface area contributed by atoms with Gasteiger partial charge in [-0.1, -0.05) is 6.07 Å². The van der Waals surface area contributed by atoms with Crippen molar-refractivity contribution in [3.8, 4) is 80.2 Å². The zero-order valence-corrected chi connectivity index (χ0v) is 43.1. The van der Waals surface area contributed by atoms with Crippen LogP contribution in [0.15, 0.2) is 103 Å². The molecule has 0 saturated carbocycles. The average Bonchev–Trinajstić information content (AvgIpc) is 4.12. The Morgan fingerprint density at radius 1 is 0.359 bits per heavy atom. The number of hydrogen-bond acceptors (Lipinski definition) is 14. The largest absolute Gasteiger partial charge is 0.416 e. The molecule has 0 atom stereocenters. The van der Waals surface area contributed by atoms with E-state index >= 15 is 0 Å². The Morgan fingerprint density at radius 2 is 0.667 bits per heavy atom. The first-order valence-corrected chi connectivity index (χ1v) is 24.6. The molecule has 378 valence electrons. The third-order valence-corrected chi connectivity index (χ3v) is 13.5. The fourth-order valence-electron chi connectivity index (χ4n) is 10.4. The summed E-state index contributed by atoms with van der Waals surface area (Å²) in [6, 6.07) is 34.5. The van der Waals surface area contributed by atoms with E-state index in [4.69, 9.17) is 0 Å². The summed E-state index contributed by atoms with van der Waals surface area (Å²) in [5, 5.41) is 25.5. The highest BCUT2D eigenvalue weighted by atomic mass is 19.4. The van der Waals surface area contributed by atoms with Crippen LogP contribution in [0.2, 0.25) is 0 Å². The number of nitriles is 2. The molecule has 0 aliphatic heterocycles. The zero-order valence-electron chi connectivity index (χ0n) is 43.1. The Balaban J connectivity index is 1.20. The first-order chi connectivity index (χ1) is 37.4. The van der Waals surface area contributed by atoms with Gasteiger partial charge in [-0.2, -0.15) is 23.7 Å². The lowest BCUT2D eigenvalue weighted by atomic mass is 9.95. The monoisotopic (exact) mass is 1030 g/mol. The Kier molecular flexibility index (Phi) is 11.4. The van der Waals surface area contributed by atoms with Crippen LogP contribution in [0.4, 0.5) is 13.2 Å². The van der Waals surface area contributed by atoms with Crippen molar-refractivity contribution in [1.82, 2.24) is 68.9 Å². The quantitative estimate of drug-likeness (QED) is 0.145. The van der Waals surface area contributed by atoms with Crippen LogP contribution in [-0.4, -0.2) is 68.9 Å². The van der Waals surface area contributed by atoms with Crippen molar-refractivity contribution >= 4 is 43.6 Å². The van der Waals surface area contributed by atoms with Crippen LogP contribution >= 0.6 is 0 Å². The van der Waals surface area contributed by atoms with Gasteiger partial charge in [-0.3, -0.25) is 0 Å². The number of halogens is 3. The Labute approximate surface area is 442 Å². The molecule has 0 unspecified atom stereocenters. The zero-order chi connectivity index (χ0) is 54.5. The van der Waals surface area contributed by atoms with Gasteiger partial charge >= 0.3 is 6.18 Å². The van der Waals surface area contributed by atoms with Crippen molar-refractivity contribution in [2.75, 3.05) is 0 Å². The fraction of sp³-hybridized carbons (Fsp3) is 0.153. The SMILES string of the molecule is Cc1nc(C)nc(-c2ccc3c(c2)c2cc(-c4nc(C)nc(C)n4)ccc2n3-c2cc(-c3ccc(C(F)(F)F)cc3C#N)cc(-n3c4ccc(-c5nc(C)nc(C)n5)cc4c4cc(-c5nc(C)nc(C)n5)ccc43)c2C#N)n1. The highest BCUT2D eigenvalue weighted by molar-refractivity contribution is 6.13. The summed E-state index contributed by atoms with van der Waals surface area (Å²) in [5.74, 6) is 6.28. The van der Waals surface area contributed by atoms with Crippen LogP contribution in [-0.2, 0) is 6.18 Å². The third kappa shape index (κ3) is 8.43. The van der Waals surface area contributed by atoms with Crippen LogP contribution < -0.4 is 0 Å². The maximum absolute atomic E-state index is 14.3. The van der Waals surface area contributed by atoms with Crippen molar-refractivity contribution < 1.29 is 13.2 Å². The minimum atomic E-state index is -4.72. The Hall–Kier alpha value is -10.3. The van der Waals surface area contributed by atoms with Gasteiger partial charge in [-0.15, -0.1) is 0 Å². The van der Waals surface area contributed by atoms with E-state index in [1.54, 1.807) is 67.5 Å². The molecule has 0 aliphatic carbocycles. The second kappa shape index (κ2) is 18.2. The highest BCUT2D eigenvalue weighted by Crippen LogP contribution is 2.44. The van der Waals surface area contributed by atoms with Gasteiger partial charge < -0.3 is 9.13 Å². The molecule has 12 aromatic rings. The minimum Gasteiger partial charge on any atom is -0.308 e. The van der Waals surface area contributed by atoms with Gasteiger partial charge in [0, 0.05) is 43.8 Å². The van der Waals surface area contributed by atoms with Crippen molar-refractivity contribution in [2.45, 2.75) is 61.6 Å². The first kappa shape index (κ1) is 48.7. The molecule has 0 saturated heterocycles. The molecule has 0 aliphatic rings.